The Morgan fingerprint density at radius 2 is 1.81 bits per heavy atom. The second-order valence-corrected chi connectivity index (χ2v) is 5.94. The number of aromatic nitrogens is 2. The summed E-state index contributed by atoms with van der Waals surface area (Å²) in [7, 11) is 0. The maximum Gasteiger partial charge on any atom is 0.107 e. The van der Waals surface area contributed by atoms with Crippen molar-refractivity contribution < 1.29 is 0 Å². The highest BCUT2D eigenvalue weighted by molar-refractivity contribution is 5.78. The van der Waals surface area contributed by atoms with Gasteiger partial charge in [-0.2, -0.15) is 0 Å². The predicted octanol–water partition coefficient (Wildman–Crippen LogP) is 4.66. The summed E-state index contributed by atoms with van der Waals surface area (Å²) in [5, 5.41) is 0. The number of nitrogens with one attached hydrogen (secondary N) is 1. The van der Waals surface area contributed by atoms with Gasteiger partial charge in [0.25, 0.3) is 0 Å². The molecule has 3 rings (SSSR count). The van der Waals surface area contributed by atoms with Crippen molar-refractivity contribution in [3.05, 3.63) is 64.5 Å². The lowest BCUT2D eigenvalue weighted by atomic mass is 10.0. The van der Waals surface area contributed by atoms with Gasteiger partial charge in [0.2, 0.25) is 0 Å². The Kier molecular flexibility index (Phi) is 3.78. The number of para-hydroxylation sites is 1. The Bertz CT molecular complexity index is 768. The second-order valence-electron chi connectivity index (χ2n) is 5.94. The predicted molar refractivity (Wildman–Crippen MR) is 88.8 cm³/mol. The fourth-order valence-corrected chi connectivity index (χ4v) is 2.92. The molecule has 0 fully saturated rings. The van der Waals surface area contributed by atoms with Gasteiger partial charge in [-0.3, -0.25) is 0 Å². The number of fused-ring (bicyclic) bond motifs is 1. The summed E-state index contributed by atoms with van der Waals surface area (Å²) >= 11 is 0. The van der Waals surface area contributed by atoms with Gasteiger partial charge in [0.1, 0.15) is 5.82 Å². The van der Waals surface area contributed by atoms with Crippen LogP contribution in [0.3, 0.4) is 0 Å². The summed E-state index contributed by atoms with van der Waals surface area (Å²) < 4.78 is 0. The monoisotopic (exact) mass is 278 g/mol. The van der Waals surface area contributed by atoms with E-state index in [1.807, 2.05) is 0 Å². The van der Waals surface area contributed by atoms with E-state index in [-0.39, 0.29) is 0 Å². The lowest BCUT2D eigenvalue weighted by Crippen LogP contribution is -1.94. The number of hydrogen-bond donors (Lipinski definition) is 1. The van der Waals surface area contributed by atoms with Gasteiger partial charge in [-0.05, 0) is 56.4 Å². The smallest absolute Gasteiger partial charge is 0.107 e. The van der Waals surface area contributed by atoms with Crippen LogP contribution in [0.5, 0.6) is 0 Å². The minimum Gasteiger partial charge on any atom is -0.342 e. The molecule has 21 heavy (non-hydrogen) atoms. The van der Waals surface area contributed by atoms with E-state index in [0.717, 1.165) is 36.1 Å². The molecule has 108 valence electrons. The minimum atomic E-state index is 1.00. The molecule has 0 spiro atoms. The van der Waals surface area contributed by atoms with Crippen molar-refractivity contribution >= 4 is 11.0 Å². The van der Waals surface area contributed by atoms with E-state index in [2.05, 4.69) is 62.2 Å². The standard InChI is InChI=1S/C19H22N2/c1-13-10-11-16(15(3)12-13)7-5-9-18-20-17-8-4-6-14(2)19(17)21-18/h4,6,8,10-12H,5,7,9H2,1-3H3,(H,20,21). The van der Waals surface area contributed by atoms with Crippen molar-refractivity contribution in [3.63, 3.8) is 0 Å². The zero-order valence-corrected chi connectivity index (χ0v) is 13.0. The molecule has 1 aromatic heterocycles. The topological polar surface area (TPSA) is 28.7 Å². The number of aryl methyl sites for hydroxylation is 5. The molecule has 0 amide bonds. The van der Waals surface area contributed by atoms with Crippen LogP contribution in [0, 0.1) is 20.8 Å². The van der Waals surface area contributed by atoms with Crippen LogP contribution in [0.4, 0.5) is 0 Å². The van der Waals surface area contributed by atoms with Crippen LogP contribution in [0.1, 0.15) is 34.5 Å². The Hall–Kier alpha value is -2.09. The molecular weight excluding hydrogens is 256 g/mol. The van der Waals surface area contributed by atoms with E-state index >= 15 is 0 Å². The highest BCUT2D eigenvalue weighted by atomic mass is 14.9. The molecule has 3 aromatic rings. The van der Waals surface area contributed by atoms with Crippen molar-refractivity contribution in [3.8, 4) is 0 Å². The van der Waals surface area contributed by atoms with E-state index in [1.165, 1.54) is 22.3 Å². The van der Waals surface area contributed by atoms with Crippen molar-refractivity contribution in [2.45, 2.75) is 40.0 Å². The van der Waals surface area contributed by atoms with E-state index in [4.69, 9.17) is 4.98 Å². The lowest BCUT2D eigenvalue weighted by Gasteiger charge is -2.06. The Balaban J connectivity index is 1.68. The van der Waals surface area contributed by atoms with Gasteiger partial charge in [-0.1, -0.05) is 35.9 Å². The summed E-state index contributed by atoms with van der Waals surface area (Å²) in [6, 6.07) is 13.0. The third-order valence-electron chi connectivity index (χ3n) is 4.12. The zero-order valence-electron chi connectivity index (χ0n) is 13.0. The summed E-state index contributed by atoms with van der Waals surface area (Å²) in [5.41, 5.74) is 7.69. The fourth-order valence-electron chi connectivity index (χ4n) is 2.92. The quantitative estimate of drug-likeness (QED) is 0.738. The van der Waals surface area contributed by atoms with Crippen LogP contribution in [0.15, 0.2) is 36.4 Å². The molecule has 1 heterocycles. The van der Waals surface area contributed by atoms with Crippen molar-refractivity contribution in [1.29, 1.82) is 0 Å². The van der Waals surface area contributed by atoms with Crippen LogP contribution in [-0.2, 0) is 12.8 Å². The van der Waals surface area contributed by atoms with Gasteiger partial charge in [0.05, 0.1) is 11.0 Å². The first-order chi connectivity index (χ1) is 10.1. The van der Waals surface area contributed by atoms with Gasteiger partial charge in [0, 0.05) is 6.42 Å². The van der Waals surface area contributed by atoms with Crippen molar-refractivity contribution in [2.75, 3.05) is 0 Å². The highest BCUT2D eigenvalue weighted by Gasteiger charge is 2.05. The molecule has 2 heteroatoms. The summed E-state index contributed by atoms with van der Waals surface area (Å²) in [5.74, 6) is 1.10. The molecule has 0 aliphatic rings. The van der Waals surface area contributed by atoms with Crippen LogP contribution in [0.25, 0.3) is 11.0 Å². The number of H-pyrrole nitrogens is 1. The van der Waals surface area contributed by atoms with Crippen LogP contribution in [-0.4, -0.2) is 9.97 Å². The first kappa shape index (κ1) is 13.9. The maximum absolute atomic E-state index is 4.72. The number of aromatic amines is 1. The molecule has 0 aliphatic heterocycles. The molecule has 1 N–H and O–H groups in total. The third kappa shape index (κ3) is 2.99. The fraction of sp³-hybridized carbons (Fsp3) is 0.316. The average Bonchev–Trinajstić information content (AvgIpc) is 2.86. The average molecular weight is 278 g/mol. The molecule has 2 nitrogen and oxygen atoms in total. The van der Waals surface area contributed by atoms with Crippen LogP contribution in [0.2, 0.25) is 0 Å². The van der Waals surface area contributed by atoms with E-state index in [1.54, 1.807) is 0 Å². The molecule has 0 bridgehead atoms. The number of imidazole rings is 1. The number of rotatable bonds is 4. The Labute approximate surface area is 126 Å². The largest absolute Gasteiger partial charge is 0.342 e. The molecule has 0 aliphatic carbocycles. The van der Waals surface area contributed by atoms with E-state index < -0.39 is 0 Å². The third-order valence-corrected chi connectivity index (χ3v) is 4.12. The van der Waals surface area contributed by atoms with Crippen molar-refractivity contribution in [1.82, 2.24) is 9.97 Å². The first-order valence-corrected chi connectivity index (χ1v) is 7.64. The summed E-state index contributed by atoms with van der Waals surface area (Å²) in [6.07, 6.45) is 3.24. The van der Waals surface area contributed by atoms with Gasteiger partial charge < -0.3 is 4.98 Å². The molecular formula is C19H22N2. The molecule has 2 aromatic carbocycles. The molecule has 0 radical (unpaired) electrons. The van der Waals surface area contributed by atoms with E-state index in [0.29, 0.717) is 0 Å². The second kappa shape index (κ2) is 5.72. The van der Waals surface area contributed by atoms with Gasteiger partial charge >= 0.3 is 0 Å². The maximum atomic E-state index is 4.72. The highest BCUT2D eigenvalue weighted by Crippen LogP contribution is 2.17. The minimum absolute atomic E-state index is 1.00. The van der Waals surface area contributed by atoms with Gasteiger partial charge in [-0.15, -0.1) is 0 Å². The first-order valence-electron chi connectivity index (χ1n) is 7.64. The van der Waals surface area contributed by atoms with Crippen LogP contribution >= 0.6 is 0 Å². The number of nitrogens with zero attached hydrogens (tertiary/aromatic N) is 1. The molecule has 0 saturated heterocycles. The van der Waals surface area contributed by atoms with Crippen LogP contribution < -0.4 is 0 Å². The molecule has 0 saturated carbocycles. The van der Waals surface area contributed by atoms with Gasteiger partial charge in [0.15, 0.2) is 0 Å². The molecule has 0 unspecified atom stereocenters. The van der Waals surface area contributed by atoms with E-state index in [9.17, 15) is 0 Å². The SMILES string of the molecule is Cc1ccc(CCCc2nc3c(C)cccc3[nH]2)c(C)c1. The summed E-state index contributed by atoms with van der Waals surface area (Å²) in [6.45, 7) is 6.46. The Morgan fingerprint density at radius 3 is 2.57 bits per heavy atom. The van der Waals surface area contributed by atoms with Gasteiger partial charge in [-0.25, -0.2) is 4.98 Å². The Morgan fingerprint density at radius 1 is 0.952 bits per heavy atom. The number of hydrogen-bond acceptors (Lipinski definition) is 1. The molecule has 0 atom stereocenters. The summed E-state index contributed by atoms with van der Waals surface area (Å²) in [4.78, 5) is 8.16. The zero-order chi connectivity index (χ0) is 14.8. The lowest BCUT2D eigenvalue weighted by molar-refractivity contribution is 0.782. The van der Waals surface area contributed by atoms with Crippen molar-refractivity contribution in [2.24, 2.45) is 0 Å². The number of benzene rings is 2. The normalized spacial score (nSPS) is 11.2.